The van der Waals surface area contributed by atoms with Crippen LogP contribution in [-0.4, -0.2) is 50.9 Å². The molecule has 25 heavy (non-hydrogen) atoms. The lowest BCUT2D eigenvalue weighted by atomic mass is 10.1. The molecule has 0 spiro atoms. The fourth-order valence-electron chi connectivity index (χ4n) is 3.46. The van der Waals surface area contributed by atoms with Crippen LogP contribution < -0.4 is 0 Å². The summed E-state index contributed by atoms with van der Waals surface area (Å²) in [6.45, 7) is 7.18. The zero-order chi connectivity index (χ0) is 18.0. The molecule has 1 aliphatic rings. The van der Waals surface area contributed by atoms with Gasteiger partial charge in [-0.3, -0.25) is 4.90 Å². The number of hydrogen-bond acceptors (Lipinski definition) is 5. The smallest absolute Gasteiger partial charge is 0.338 e. The van der Waals surface area contributed by atoms with Crippen LogP contribution >= 0.6 is 12.2 Å². The van der Waals surface area contributed by atoms with Crippen molar-refractivity contribution < 1.29 is 14.6 Å². The number of esters is 1. The summed E-state index contributed by atoms with van der Waals surface area (Å²) in [5.74, 6) is -0.320. The van der Waals surface area contributed by atoms with E-state index in [1.54, 1.807) is 13.0 Å². The second-order valence-electron chi connectivity index (χ2n) is 6.39. The van der Waals surface area contributed by atoms with Gasteiger partial charge in [0.15, 0.2) is 4.77 Å². The second-order valence-corrected chi connectivity index (χ2v) is 6.76. The number of aryl methyl sites for hydroxylation is 1. The highest BCUT2D eigenvalue weighted by Crippen LogP contribution is 2.22. The molecule has 1 aromatic carbocycles. The molecule has 0 saturated carbocycles. The molecule has 1 aromatic heterocycles. The topological polar surface area (TPSA) is 59.6 Å². The minimum Gasteiger partial charge on any atom is -0.462 e. The third-order valence-electron chi connectivity index (χ3n) is 4.67. The number of carbonyl (C=O) groups is 1. The Kier molecular flexibility index (Phi) is 5.56. The predicted molar refractivity (Wildman–Crippen MR) is 99.2 cm³/mol. The van der Waals surface area contributed by atoms with Crippen molar-refractivity contribution in [2.24, 2.45) is 0 Å². The van der Waals surface area contributed by atoms with Crippen LogP contribution in [-0.2, 0) is 18.0 Å². The van der Waals surface area contributed by atoms with E-state index in [1.807, 2.05) is 12.1 Å². The first kappa shape index (κ1) is 18.1. The first-order chi connectivity index (χ1) is 12.0. The molecular weight excluding hydrogens is 338 g/mol. The number of likely N-dealkylation sites (tertiary alicyclic amines) is 1. The first-order valence-electron chi connectivity index (χ1n) is 8.85. The molecule has 2 heterocycles. The minimum absolute atomic E-state index is 0.280. The first-order valence-corrected chi connectivity index (χ1v) is 9.26. The number of fused-ring (bicyclic) bond motifs is 1. The fraction of sp³-hybridized carbons (Fsp3) is 0.556. The Morgan fingerprint density at radius 3 is 2.80 bits per heavy atom. The molecule has 1 aliphatic heterocycles. The number of aliphatic hydroxyl groups excluding tert-OH is 1. The van der Waals surface area contributed by atoms with Gasteiger partial charge < -0.3 is 19.0 Å². The van der Waals surface area contributed by atoms with Gasteiger partial charge in [-0.2, -0.15) is 0 Å². The molecule has 0 aliphatic carbocycles. The highest BCUT2D eigenvalue weighted by atomic mass is 32.1. The zero-order valence-corrected chi connectivity index (χ0v) is 15.6. The van der Waals surface area contributed by atoms with Crippen molar-refractivity contribution >= 4 is 29.2 Å². The van der Waals surface area contributed by atoms with Crippen molar-refractivity contribution in [3.63, 3.8) is 0 Å². The van der Waals surface area contributed by atoms with E-state index in [1.165, 1.54) is 0 Å². The van der Waals surface area contributed by atoms with E-state index >= 15 is 0 Å². The van der Waals surface area contributed by atoms with Gasteiger partial charge in [-0.1, -0.05) is 0 Å². The molecular formula is C18H25N3O3S. The zero-order valence-electron chi connectivity index (χ0n) is 14.8. The molecule has 0 bridgehead atoms. The SMILES string of the molecule is CCOC(=O)c1ccc2c(c1)n(CN1CCC[C@H](O)C1)c(=S)n2CC. The number of nitrogens with zero attached hydrogens (tertiary/aromatic N) is 3. The lowest BCUT2D eigenvalue weighted by Crippen LogP contribution is -2.39. The van der Waals surface area contributed by atoms with Crippen LogP contribution in [0.4, 0.5) is 0 Å². The summed E-state index contributed by atoms with van der Waals surface area (Å²) in [7, 11) is 0. The Morgan fingerprint density at radius 1 is 1.32 bits per heavy atom. The Hall–Kier alpha value is -1.70. The Labute approximate surface area is 152 Å². The van der Waals surface area contributed by atoms with Gasteiger partial charge in [0.25, 0.3) is 0 Å². The van der Waals surface area contributed by atoms with Crippen LogP contribution in [0.25, 0.3) is 11.0 Å². The van der Waals surface area contributed by atoms with Crippen LogP contribution in [0.15, 0.2) is 18.2 Å². The number of piperidine rings is 1. The number of ether oxygens (including phenoxy) is 1. The van der Waals surface area contributed by atoms with Crippen LogP contribution in [0.2, 0.25) is 0 Å². The number of carbonyl (C=O) groups excluding carboxylic acids is 1. The van der Waals surface area contributed by atoms with Gasteiger partial charge in [0, 0.05) is 19.6 Å². The van der Waals surface area contributed by atoms with Gasteiger partial charge >= 0.3 is 5.97 Å². The monoisotopic (exact) mass is 363 g/mol. The molecule has 136 valence electrons. The average molecular weight is 363 g/mol. The van der Waals surface area contributed by atoms with E-state index < -0.39 is 0 Å². The lowest BCUT2D eigenvalue weighted by molar-refractivity contribution is 0.0526. The van der Waals surface area contributed by atoms with Crippen molar-refractivity contribution in [3.05, 3.63) is 28.5 Å². The van der Waals surface area contributed by atoms with Crippen LogP contribution in [0.3, 0.4) is 0 Å². The van der Waals surface area contributed by atoms with Crippen molar-refractivity contribution in [2.45, 2.75) is 46.0 Å². The molecule has 0 amide bonds. The van der Waals surface area contributed by atoms with E-state index in [2.05, 4.69) is 21.0 Å². The number of β-amino-alcohol motifs (C(OH)–C–C–N with tert-alkyl or cyclic N) is 1. The molecule has 7 heteroatoms. The van der Waals surface area contributed by atoms with Gasteiger partial charge in [-0.05, 0) is 57.1 Å². The standard InChI is InChI=1S/C18H25N3O3S/c1-3-20-15-8-7-13(17(23)24-4-2)10-16(15)21(18(20)25)12-19-9-5-6-14(22)11-19/h7-8,10,14,22H,3-6,9,11-12H2,1-2H3/t14-/m0/s1. The Balaban J connectivity index is 2.02. The van der Waals surface area contributed by atoms with Gasteiger partial charge in [0.1, 0.15) is 0 Å². The second kappa shape index (κ2) is 7.68. The van der Waals surface area contributed by atoms with Gasteiger partial charge in [0.2, 0.25) is 0 Å². The summed E-state index contributed by atoms with van der Waals surface area (Å²) >= 11 is 5.67. The Morgan fingerprint density at radius 2 is 2.12 bits per heavy atom. The predicted octanol–water partition coefficient (Wildman–Crippen LogP) is 2.78. The van der Waals surface area contributed by atoms with Gasteiger partial charge in [0.05, 0.1) is 36.0 Å². The quantitative estimate of drug-likeness (QED) is 0.654. The summed E-state index contributed by atoms with van der Waals surface area (Å²) < 4.78 is 9.97. The number of imidazole rings is 1. The molecule has 1 atom stereocenters. The highest BCUT2D eigenvalue weighted by Gasteiger charge is 2.20. The van der Waals surface area contributed by atoms with Crippen LogP contribution in [0, 0.1) is 4.77 Å². The summed E-state index contributed by atoms with van der Waals surface area (Å²) in [5.41, 5.74) is 2.47. The molecule has 1 N–H and O–H groups in total. The maximum Gasteiger partial charge on any atom is 0.338 e. The van der Waals surface area contributed by atoms with Crippen LogP contribution in [0.1, 0.15) is 37.0 Å². The summed E-state index contributed by atoms with van der Waals surface area (Å²) in [5, 5.41) is 9.92. The number of hydrogen-bond donors (Lipinski definition) is 1. The molecule has 1 saturated heterocycles. The summed E-state index contributed by atoms with van der Waals surface area (Å²) in [4.78, 5) is 14.3. The third kappa shape index (κ3) is 3.63. The minimum atomic E-state index is -0.320. The number of rotatable bonds is 5. The molecule has 3 rings (SSSR count). The average Bonchev–Trinajstić information content (AvgIpc) is 2.86. The van der Waals surface area contributed by atoms with Crippen molar-refractivity contribution in [1.82, 2.24) is 14.0 Å². The molecule has 0 unspecified atom stereocenters. The maximum absolute atomic E-state index is 12.1. The van der Waals surface area contributed by atoms with Crippen molar-refractivity contribution in [1.29, 1.82) is 0 Å². The van der Waals surface area contributed by atoms with Gasteiger partial charge in [-0.15, -0.1) is 0 Å². The fourth-order valence-corrected chi connectivity index (χ4v) is 3.85. The van der Waals surface area contributed by atoms with E-state index in [9.17, 15) is 9.90 Å². The maximum atomic E-state index is 12.1. The lowest BCUT2D eigenvalue weighted by Gasteiger charge is -2.30. The van der Waals surface area contributed by atoms with Crippen molar-refractivity contribution in [3.8, 4) is 0 Å². The summed E-state index contributed by atoms with van der Waals surface area (Å²) in [6.07, 6.45) is 1.55. The largest absolute Gasteiger partial charge is 0.462 e. The number of aromatic nitrogens is 2. The molecule has 0 radical (unpaired) electrons. The van der Waals surface area contributed by atoms with Crippen molar-refractivity contribution in [2.75, 3.05) is 19.7 Å². The summed E-state index contributed by atoms with van der Waals surface area (Å²) in [6, 6.07) is 5.58. The molecule has 2 aromatic rings. The third-order valence-corrected chi connectivity index (χ3v) is 5.11. The molecule has 6 nitrogen and oxygen atoms in total. The normalized spacial score (nSPS) is 18.6. The van der Waals surface area contributed by atoms with E-state index in [0.717, 1.165) is 41.7 Å². The molecule has 1 fully saturated rings. The van der Waals surface area contributed by atoms with Crippen LogP contribution in [0.5, 0.6) is 0 Å². The van der Waals surface area contributed by atoms with E-state index in [0.29, 0.717) is 25.4 Å². The van der Waals surface area contributed by atoms with E-state index in [-0.39, 0.29) is 12.1 Å². The number of benzene rings is 1. The highest BCUT2D eigenvalue weighted by molar-refractivity contribution is 7.71. The number of aliphatic hydroxyl groups is 1. The van der Waals surface area contributed by atoms with Gasteiger partial charge in [-0.25, -0.2) is 4.79 Å². The Bertz CT molecular complexity index is 827. The van der Waals surface area contributed by atoms with E-state index in [4.69, 9.17) is 17.0 Å².